The van der Waals surface area contributed by atoms with Gasteiger partial charge < -0.3 is 13.8 Å². The first-order chi connectivity index (χ1) is 13.6. The molecular formula is C18H20ClN2O7P. The summed E-state index contributed by atoms with van der Waals surface area (Å²) in [6.45, 7) is 4.79. The molecule has 0 aliphatic rings. The van der Waals surface area contributed by atoms with Crippen molar-refractivity contribution in [1.29, 1.82) is 0 Å². The Morgan fingerprint density at radius 1 is 1.14 bits per heavy atom. The Balaban J connectivity index is 2.30. The van der Waals surface area contributed by atoms with Crippen LogP contribution in [-0.4, -0.2) is 23.0 Å². The molecule has 0 aliphatic carbocycles. The second-order valence-electron chi connectivity index (χ2n) is 6.20. The fraction of sp³-hybridized carbons (Fsp3) is 0.278. The second kappa shape index (κ2) is 9.73. The minimum atomic E-state index is -4.19. The van der Waals surface area contributed by atoms with Crippen molar-refractivity contribution in [1.82, 2.24) is 5.09 Å². The van der Waals surface area contributed by atoms with Crippen molar-refractivity contribution in [2.24, 2.45) is 0 Å². The molecule has 29 heavy (non-hydrogen) atoms. The minimum Gasteiger partial charge on any atom is -0.462 e. The van der Waals surface area contributed by atoms with Gasteiger partial charge in [0.15, 0.2) is 5.75 Å². The Morgan fingerprint density at radius 2 is 1.79 bits per heavy atom. The lowest BCUT2D eigenvalue weighted by atomic mass is 10.3. The predicted molar refractivity (Wildman–Crippen MR) is 107 cm³/mol. The smallest absolute Gasteiger partial charge is 0.462 e. The van der Waals surface area contributed by atoms with E-state index in [-0.39, 0.29) is 28.3 Å². The predicted octanol–water partition coefficient (Wildman–Crippen LogP) is 4.74. The summed E-state index contributed by atoms with van der Waals surface area (Å²) >= 11 is 6.02. The molecule has 11 heteroatoms. The summed E-state index contributed by atoms with van der Waals surface area (Å²) in [5.74, 6) is -0.561. The van der Waals surface area contributed by atoms with E-state index < -0.39 is 24.7 Å². The average Bonchev–Trinajstić information content (AvgIpc) is 2.63. The first-order valence-corrected chi connectivity index (χ1v) is 10.5. The topological polar surface area (TPSA) is 117 Å². The normalized spacial score (nSPS) is 14.0. The van der Waals surface area contributed by atoms with Gasteiger partial charge in [0.05, 0.1) is 16.0 Å². The van der Waals surface area contributed by atoms with E-state index in [0.29, 0.717) is 0 Å². The van der Waals surface area contributed by atoms with Gasteiger partial charge in [-0.1, -0.05) is 29.8 Å². The molecule has 1 unspecified atom stereocenters. The van der Waals surface area contributed by atoms with Crippen molar-refractivity contribution in [2.75, 3.05) is 0 Å². The van der Waals surface area contributed by atoms with Crippen LogP contribution in [-0.2, 0) is 14.1 Å². The quantitative estimate of drug-likeness (QED) is 0.256. The summed E-state index contributed by atoms with van der Waals surface area (Å²) in [6, 6.07) is 10.5. The molecule has 0 amide bonds. The highest BCUT2D eigenvalue weighted by molar-refractivity contribution is 7.52. The minimum absolute atomic E-state index is 0.117. The summed E-state index contributed by atoms with van der Waals surface area (Å²) < 4.78 is 29.4. The highest BCUT2D eigenvalue weighted by Gasteiger charge is 2.34. The monoisotopic (exact) mass is 442 g/mol. The van der Waals surface area contributed by atoms with Gasteiger partial charge in [0.25, 0.3) is 5.69 Å². The Morgan fingerprint density at radius 3 is 2.34 bits per heavy atom. The number of benzene rings is 2. The number of ether oxygens (including phenoxy) is 1. The number of nitrogens with one attached hydrogen (secondary N) is 1. The number of nitro benzene ring substituents is 1. The zero-order chi connectivity index (χ0) is 21.6. The van der Waals surface area contributed by atoms with E-state index in [4.69, 9.17) is 25.4 Å². The van der Waals surface area contributed by atoms with E-state index in [1.54, 1.807) is 44.2 Å². The van der Waals surface area contributed by atoms with E-state index in [0.717, 1.165) is 12.1 Å². The Labute approximate surface area is 172 Å². The molecule has 2 aromatic rings. The van der Waals surface area contributed by atoms with Crippen molar-refractivity contribution in [2.45, 2.75) is 32.9 Å². The van der Waals surface area contributed by atoms with Crippen LogP contribution in [0.3, 0.4) is 0 Å². The van der Waals surface area contributed by atoms with Gasteiger partial charge >= 0.3 is 13.7 Å². The van der Waals surface area contributed by atoms with Crippen LogP contribution in [0, 0.1) is 10.1 Å². The summed E-state index contributed by atoms with van der Waals surface area (Å²) in [5, 5.41) is 13.2. The van der Waals surface area contributed by atoms with Crippen LogP contribution in [0.1, 0.15) is 20.8 Å². The SMILES string of the molecule is CC(C)OC(=O)C(C)N[P@@](=O)(Oc1ccccc1)Oc1ccc([N+](=O)[O-])cc1Cl. The average molecular weight is 443 g/mol. The zero-order valence-electron chi connectivity index (χ0n) is 15.9. The lowest BCUT2D eigenvalue weighted by molar-refractivity contribution is -0.384. The molecule has 0 bridgehead atoms. The van der Waals surface area contributed by atoms with Gasteiger partial charge in [-0.15, -0.1) is 0 Å². The first-order valence-electron chi connectivity index (χ1n) is 8.56. The Bertz CT molecular complexity index is 924. The number of carbonyl (C=O) groups is 1. The van der Waals surface area contributed by atoms with Crippen LogP contribution >= 0.6 is 19.3 Å². The molecule has 0 aromatic heterocycles. The van der Waals surface area contributed by atoms with Crippen LogP contribution < -0.4 is 14.1 Å². The molecule has 2 aromatic carbocycles. The number of halogens is 1. The molecule has 0 spiro atoms. The first kappa shape index (κ1) is 22.7. The fourth-order valence-electron chi connectivity index (χ4n) is 2.12. The third-order valence-corrected chi connectivity index (χ3v) is 5.26. The van der Waals surface area contributed by atoms with E-state index in [2.05, 4.69) is 5.09 Å². The molecule has 0 radical (unpaired) electrons. The lowest BCUT2D eigenvalue weighted by Gasteiger charge is -2.23. The number of nitrogens with zero attached hydrogens (tertiary/aromatic N) is 1. The van der Waals surface area contributed by atoms with E-state index >= 15 is 0 Å². The van der Waals surface area contributed by atoms with E-state index in [1.165, 1.54) is 13.0 Å². The number of rotatable bonds is 9. The molecule has 156 valence electrons. The summed E-state index contributed by atoms with van der Waals surface area (Å²) in [5.41, 5.74) is -0.261. The highest BCUT2D eigenvalue weighted by atomic mass is 35.5. The largest absolute Gasteiger partial charge is 0.513 e. The van der Waals surface area contributed by atoms with E-state index in [9.17, 15) is 19.5 Å². The van der Waals surface area contributed by atoms with Crippen molar-refractivity contribution in [3.63, 3.8) is 0 Å². The maximum atomic E-state index is 13.4. The lowest BCUT2D eigenvalue weighted by Crippen LogP contribution is -2.36. The standard InChI is InChI=1S/C18H20ClN2O7P/c1-12(2)26-18(22)13(3)20-29(25,27-15-7-5-4-6-8-15)28-17-10-9-14(21(23)24)11-16(17)19/h4-13H,1-3H3,(H,20,25)/t13?,29-/m1/s1. The highest BCUT2D eigenvalue weighted by Crippen LogP contribution is 2.47. The maximum absolute atomic E-state index is 13.4. The van der Waals surface area contributed by atoms with Crippen LogP contribution in [0.15, 0.2) is 48.5 Å². The van der Waals surface area contributed by atoms with Gasteiger partial charge in [0, 0.05) is 12.1 Å². The number of hydrogen-bond acceptors (Lipinski definition) is 7. The van der Waals surface area contributed by atoms with Crippen molar-refractivity contribution < 1.29 is 28.1 Å². The van der Waals surface area contributed by atoms with Gasteiger partial charge in [-0.3, -0.25) is 14.9 Å². The molecule has 0 saturated carbocycles. The summed E-state index contributed by atoms with van der Waals surface area (Å²) in [6.07, 6.45) is -0.369. The Hall–Kier alpha value is -2.61. The van der Waals surface area contributed by atoms with E-state index in [1.807, 2.05) is 0 Å². The number of carbonyl (C=O) groups excluding carboxylic acids is 1. The van der Waals surface area contributed by atoms with Crippen molar-refractivity contribution >= 4 is 31.0 Å². The summed E-state index contributed by atoms with van der Waals surface area (Å²) in [4.78, 5) is 22.3. The number of non-ortho nitro benzene ring substituents is 1. The Kier molecular flexibility index (Phi) is 7.61. The fourth-order valence-corrected chi connectivity index (χ4v) is 3.93. The molecule has 0 saturated heterocycles. The number of nitro groups is 1. The molecule has 0 fully saturated rings. The molecule has 0 heterocycles. The molecule has 2 atom stereocenters. The number of para-hydroxylation sites is 1. The van der Waals surface area contributed by atoms with Gasteiger partial charge in [0.1, 0.15) is 11.8 Å². The van der Waals surface area contributed by atoms with Crippen LogP contribution in [0.5, 0.6) is 11.5 Å². The molecular weight excluding hydrogens is 423 g/mol. The molecule has 9 nitrogen and oxygen atoms in total. The van der Waals surface area contributed by atoms with Crippen molar-refractivity contribution in [3.05, 3.63) is 63.7 Å². The number of esters is 1. The number of hydrogen-bond donors (Lipinski definition) is 1. The van der Waals surface area contributed by atoms with Gasteiger partial charge in [-0.05, 0) is 39.0 Å². The van der Waals surface area contributed by atoms with Gasteiger partial charge in [0.2, 0.25) is 0 Å². The molecule has 0 aliphatic heterocycles. The summed E-state index contributed by atoms with van der Waals surface area (Å²) in [7, 11) is -4.19. The molecule has 2 rings (SSSR count). The zero-order valence-corrected chi connectivity index (χ0v) is 17.6. The second-order valence-corrected chi connectivity index (χ2v) is 8.23. The van der Waals surface area contributed by atoms with Crippen molar-refractivity contribution in [3.8, 4) is 11.5 Å². The molecule has 1 N–H and O–H groups in total. The third-order valence-electron chi connectivity index (χ3n) is 3.37. The third kappa shape index (κ3) is 6.74. The van der Waals surface area contributed by atoms with Crippen LogP contribution in [0.2, 0.25) is 5.02 Å². The van der Waals surface area contributed by atoms with Gasteiger partial charge in [-0.2, -0.15) is 5.09 Å². The maximum Gasteiger partial charge on any atom is 0.513 e. The van der Waals surface area contributed by atoms with Crippen LogP contribution in [0.25, 0.3) is 0 Å². The van der Waals surface area contributed by atoms with Gasteiger partial charge in [-0.25, -0.2) is 4.57 Å². The van der Waals surface area contributed by atoms with Crippen LogP contribution in [0.4, 0.5) is 5.69 Å².